The highest BCUT2D eigenvalue weighted by molar-refractivity contribution is 6.46. The van der Waals surface area contributed by atoms with Crippen LogP contribution in [0.3, 0.4) is 0 Å². The zero-order valence-electron chi connectivity index (χ0n) is 21.8. The van der Waals surface area contributed by atoms with Crippen molar-refractivity contribution in [1.29, 1.82) is 0 Å². The first-order chi connectivity index (χ1) is 18.2. The molecule has 5 nitrogen and oxygen atoms in total. The maximum Gasteiger partial charge on any atom is 0.352 e. The highest BCUT2D eigenvalue weighted by atomic mass is 28.3. The second-order valence-electron chi connectivity index (χ2n) is 9.77. The highest BCUT2D eigenvalue weighted by Crippen LogP contribution is 2.32. The molecule has 0 aromatic heterocycles. The van der Waals surface area contributed by atoms with E-state index < -0.39 is 15.4 Å². The van der Waals surface area contributed by atoms with Gasteiger partial charge in [0.05, 0.1) is 37.8 Å². The SMILES string of the molecule is CCOC(CC1CCC(O)C(OCc2ccccc2)C1)[SiH](OCc1ccccc1)OCc1ccccc1. The summed E-state index contributed by atoms with van der Waals surface area (Å²) in [6.45, 7) is 4.19. The number of benzene rings is 3. The molecule has 0 heterocycles. The molecular weight excluding hydrogens is 480 g/mol. The molecule has 3 aromatic rings. The maximum atomic E-state index is 10.6. The van der Waals surface area contributed by atoms with Gasteiger partial charge in [0, 0.05) is 6.61 Å². The molecule has 4 rings (SSSR count). The summed E-state index contributed by atoms with van der Waals surface area (Å²) in [6.07, 6.45) is 2.76. The smallest absolute Gasteiger partial charge is 0.352 e. The van der Waals surface area contributed by atoms with Crippen molar-refractivity contribution in [2.24, 2.45) is 5.92 Å². The Morgan fingerprint density at radius 1 is 0.757 bits per heavy atom. The molecule has 1 aliphatic carbocycles. The van der Waals surface area contributed by atoms with Gasteiger partial charge in [-0.1, -0.05) is 91.0 Å². The zero-order chi connectivity index (χ0) is 25.7. The van der Waals surface area contributed by atoms with Crippen molar-refractivity contribution in [2.75, 3.05) is 6.61 Å². The van der Waals surface area contributed by atoms with Crippen LogP contribution in [0.1, 0.15) is 49.3 Å². The predicted octanol–water partition coefficient (Wildman–Crippen LogP) is 5.72. The van der Waals surface area contributed by atoms with Crippen LogP contribution in [-0.2, 0) is 38.1 Å². The Kier molecular flexibility index (Phi) is 11.4. The van der Waals surface area contributed by atoms with Gasteiger partial charge in [0.2, 0.25) is 0 Å². The van der Waals surface area contributed by atoms with Crippen LogP contribution in [0, 0.1) is 5.92 Å². The van der Waals surface area contributed by atoms with Crippen LogP contribution < -0.4 is 0 Å². The van der Waals surface area contributed by atoms with Gasteiger partial charge in [0.15, 0.2) is 0 Å². The number of ether oxygens (including phenoxy) is 2. The summed E-state index contributed by atoms with van der Waals surface area (Å²) in [6, 6.07) is 30.6. The van der Waals surface area contributed by atoms with Gasteiger partial charge in [0.1, 0.15) is 0 Å². The molecule has 4 unspecified atom stereocenters. The quantitative estimate of drug-likeness (QED) is 0.276. The van der Waals surface area contributed by atoms with Crippen molar-refractivity contribution in [3.05, 3.63) is 108 Å². The van der Waals surface area contributed by atoms with Crippen LogP contribution in [0.25, 0.3) is 0 Å². The average molecular weight is 521 g/mol. The molecule has 1 N–H and O–H groups in total. The molecule has 37 heavy (non-hydrogen) atoms. The molecule has 0 aliphatic heterocycles. The first-order valence-corrected chi connectivity index (χ1v) is 15.1. The van der Waals surface area contributed by atoms with E-state index in [1.54, 1.807) is 0 Å². The predicted molar refractivity (Wildman–Crippen MR) is 148 cm³/mol. The van der Waals surface area contributed by atoms with Crippen LogP contribution >= 0.6 is 0 Å². The fraction of sp³-hybridized carbons (Fsp3) is 0.419. The summed E-state index contributed by atoms with van der Waals surface area (Å²) in [5.74, 6) is 0.386. The van der Waals surface area contributed by atoms with Crippen molar-refractivity contribution < 1.29 is 23.4 Å². The summed E-state index contributed by atoms with van der Waals surface area (Å²) in [4.78, 5) is 0. The summed E-state index contributed by atoms with van der Waals surface area (Å²) >= 11 is 0. The van der Waals surface area contributed by atoms with Gasteiger partial charge in [-0.05, 0) is 55.2 Å². The Hall–Kier alpha value is -2.32. The lowest BCUT2D eigenvalue weighted by atomic mass is 9.83. The summed E-state index contributed by atoms with van der Waals surface area (Å²) in [5.41, 5.74) is 3.31. The van der Waals surface area contributed by atoms with E-state index in [0.717, 1.165) is 42.4 Å². The molecule has 0 amide bonds. The van der Waals surface area contributed by atoms with E-state index in [4.69, 9.17) is 18.3 Å². The van der Waals surface area contributed by atoms with Gasteiger partial charge >= 0.3 is 9.28 Å². The Balaban J connectivity index is 1.39. The van der Waals surface area contributed by atoms with Crippen molar-refractivity contribution in [3.8, 4) is 0 Å². The minimum Gasteiger partial charge on any atom is -0.391 e. The van der Waals surface area contributed by atoms with E-state index in [1.807, 2.05) is 61.5 Å². The summed E-state index contributed by atoms with van der Waals surface area (Å²) < 4.78 is 25.4. The molecule has 1 fully saturated rings. The number of rotatable bonds is 14. The van der Waals surface area contributed by atoms with E-state index in [0.29, 0.717) is 32.3 Å². The van der Waals surface area contributed by atoms with Gasteiger partial charge in [-0.15, -0.1) is 0 Å². The van der Waals surface area contributed by atoms with E-state index in [1.165, 1.54) is 0 Å². The standard InChI is InChI=1S/C31H40O5Si/c1-2-33-31(21-28-18-19-29(32)30(20-28)34-22-25-12-6-3-7-13-25)37(35-23-26-14-8-4-9-15-26)36-24-27-16-10-5-11-17-27/h3-17,28-32,37H,2,18-24H2,1H3. The molecule has 1 saturated carbocycles. The van der Waals surface area contributed by atoms with Gasteiger partial charge in [-0.25, -0.2) is 0 Å². The molecule has 4 atom stereocenters. The Bertz CT molecular complexity index is 960. The van der Waals surface area contributed by atoms with Crippen LogP contribution in [0.4, 0.5) is 0 Å². The molecular formula is C31H40O5Si. The van der Waals surface area contributed by atoms with Crippen LogP contribution in [0.15, 0.2) is 91.0 Å². The summed E-state index contributed by atoms with van der Waals surface area (Å²) in [5, 5.41) is 10.6. The molecule has 0 spiro atoms. The van der Waals surface area contributed by atoms with Gasteiger partial charge < -0.3 is 23.4 Å². The highest BCUT2D eigenvalue weighted by Gasteiger charge is 2.35. The van der Waals surface area contributed by atoms with E-state index >= 15 is 0 Å². The largest absolute Gasteiger partial charge is 0.391 e. The second kappa shape index (κ2) is 15.2. The van der Waals surface area contributed by atoms with Crippen LogP contribution in [-0.4, -0.2) is 38.9 Å². The third kappa shape index (κ3) is 9.18. The maximum absolute atomic E-state index is 10.6. The lowest BCUT2D eigenvalue weighted by molar-refractivity contribution is -0.0831. The summed E-state index contributed by atoms with van der Waals surface area (Å²) in [7, 11) is -2.20. The molecule has 198 valence electrons. The van der Waals surface area contributed by atoms with Crippen molar-refractivity contribution in [3.63, 3.8) is 0 Å². The number of hydrogen-bond donors (Lipinski definition) is 1. The topological polar surface area (TPSA) is 57.2 Å². The lowest BCUT2D eigenvalue weighted by Gasteiger charge is -2.36. The first-order valence-electron chi connectivity index (χ1n) is 13.5. The molecule has 6 heteroatoms. The lowest BCUT2D eigenvalue weighted by Crippen LogP contribution is -2.43. The second-order valence-corrected chi connectivity index (χ2v) is 11.9. The fourth-order valence-electron chi connectivity index (χ4n) is 4.93. The van der Waals surface area contributed by atoms with Gasteiger partial charge in [-0.2, -0.15) is 0 Å². The minimum absolute atomic E-state index is 0.0764. The van der Waals surface area contributed by atoms with Crippen LogP contribution in [0.5, 0.6) is 0 Å². The first kappa shape index (κ1) is 27.7. The number of hydrogen-bond acceptors (Lipinski definition) is 5. The zero-order valence-corrected chi connectivity index (χ0v) is 22.9. The third-order valence-corrected chi connectivity index (χ3v) is 9.00. The number of aliphatic hydroxyl groups is 1. The average Bonchev–Trinajstić information content (AvgIpc) is 2.95. The van der Waals surface area contributed by atoms with Gasteiger partial charge in [0.25, 0.3) is 0 Å². The fourth-order valence-corrected chi connectivity index (χ4v) is 7.13. The van der Waals surface area contributed by atoms with Gasteiger partial charge in [-0.3, -0.25) is 0 Å². The third-order valence-electron chi connectivity index (χ3n) is 6.94. The molecule has 3 aromatic carbocycles. The monoisotopic (exact) mass is 520 g/mol. The van der Waals surface area contributed by atoms with E-state index in [9.17, 15) is 5.11 Å². The molecule has 0 saturated heterocycles. The normalized spacial score (nSPS) is 20.7. The van der Waals surface area contributed by atoms with E-state index in [-0.39, 0.29) is 11.8 Å². The molecule has 1 aliphatic rings. The molecule has 0 bridgehead atoms. The van der Waals surface area contributed by atoms with E-state index in [2.05, 4.69) is 36.4 Å². The van der Waals surface area contributed by atoms with Crippen molar-refractivity contribution in [1.82, 2.24) is 0 Å². The molecule has 0 radical (unpaired) electrons. The Morgan fingerprint density at radius 3 is 1.78 bits per heavy atom. The van der Waals surface area contributed by atoms with Crippen molar-refractivity contribution in [2.45, 2.75) is 70.4 Å². The number of aliphatic hydroxyl groups excluding tert-OH is 1. The Labute approximate surface area is 223 Å². The Morgan fingerprint density at radius 2 is 1.27 bits per heavy atom. The minimum atomic E-state index is -2.20. The van der Waals surface area contributed by atoms with Crippen LogP contribution in [0.2, 0.25) is 0 Å². The van der Waals surface area contributed by atoms with Crippen molar-refractivity contribution >= 4 is 9.28 Å².